The van der Waals surface area contributed by atoms with Crippen LogP contribution in [0, 0.1) is 0 Å². The molecule has 20 heavy (non-hydrogen) atoms. The van der Waals surface area contributed by atoms with Crippen LogP contribution >= 0.6 is 35.1 Å². The SMILES string of the molecule is C/C(=N\O)c1ccsc1.CC(=O)c1ccsc1.Cl.NO. The van der Waals surface area contributed by atoms with Crippen molar-refractivity contribution in [2.24, 2.45) is 11.1 Å². The molecule has 2 rings (SSSR count). The molecule has 0 unspecified atom stereocenters. The molecule has 2 heterocycles. The summed E-state index contributed by atoms with van der Waals surface area (Å²) in [7, 11) is 0. The van der Waals surface area contributed by atoms with Crippen molar-refractivity contribution < 1.29 is 15.2 Å². The Hall–Kier alpha value is -1.25. The minimum Gasteiger partial charge on any atom is -0.411 e. The zero-order valence-electron chi connectivity index (χ0n) is 11.0. The maximum Gasteiger partial charge on any atom is 0.160 e. The van der Waals surface area contributed by atoms with Gasteiger partial charge in [0.05, 0.1) is 5.71 Å². The van der Waals surface area contributed by atoms with Gasteiger partial charge in [-0.3, -0.25) is 4.79 Å². The minimum absolute atomic E-state index is 0. The fraction of sp³-hybridized carbons (Fsp3) is 0.167. The Bertz CT molecular complexity index is 485. The normalized spacial score (nSPS) is 9.30. The number of oxime groups is 1. The van der Waals surface area contributed by atoms with Crippen LogP contribution in [-0.4, -0.2) is 21.9 Å². The third kappa shape index (κ3) is 8.03. The number of hydrogen-bond acceptors (Lipinski definition) is 7. The van der Waals surface area contributed by atoms with Crippen LogP contribution in [0.4, 0.5) is 0 Å². The lowest BCUT2D eigenvalue weighted by molar-refractivity contribution is 0.101. The Labute approximate surface area is 131 Å². The monoisotopic (exact) mass is 336 g/mol. The maximum absolute atomic E-state index is 10.5. The summed E-state index contributed by atoms with van der Waals surface area (Å²) in [5.41, 5.74) is 2.47. The molecule has 0 bridgehead atoms. The van der Waals surface area contributed by atoms with E-state index in [2.05, 4.69) is 11.1 Å². The molecular formula is C12H17ClN2O3S2. The number of nitrogens with two attached hydrogens (primary N) is 1. The predicted molar refractivity (Wildman–Crippen MR) is 85.9 cm³/mol. The van der Waals surface area contributed by atoms with E-state index >= 15 is 0 Å². The van der Waals surface area contributed by atoms with E-state index in [1.165, 1.54) is 0 Å². The summed E-state index contributed by atoms with van der Waals surface area (Å²) >= 11 is 3.14. The molecule has 5 nitrogen and oxygen atoms in total. The molecule has 0 fully saturated rings. The summed E-state index contributed by atoms with van der Waals surface area (Å²) in [5, 5.41) is 25.5. The van der Waals surface area contributed by atoms with Gasteiger partial charge in [-0.05, 0) is 42.1 Å². The molecule has 8 heteroatoms. The Balaban J connectivity index is 0. The van der Waals surface area contributed by atoms with Crippen LogP contribution in [0.3, 0.4) is 0 Å². The highest BCUT2D eigenvalue weighted by atomic mass is 35.5. The van der Waals surface area contributed by atoms with Crippen molar-refractivity contribution in [1.82, 2.24) is 0 Å². The lowest BCUT2D eigenvalue weighted by Crippen LogP contribution is -1.89. The first-order valence-electron chi connectivity index (χ1n) is 5.15. The van der Waals surface area contributed by atoms with E-state index < -0.39 is 0 Å². The highest BCUT2D eigenvalue weighted by Gasteiger charge is 1.95. The summed E-state index contributed by atoms with van der Waals surface area (Å²) < 4.78 is 0. The number of thiophene rings is 2. The zero-order chi connectivity index (χ0) is 14.7. The molecule has 0 spiro atoms. The highest BCUT2D eigenvalue weighted by molar-refractivity contribution is 7.08. The molecule has 4 N–H and O–H groups in total. The van der Waals surface area contributed by atoms with Crippen molar-refractivity contribution in [2.75, 3.05) is 0 Å². The number of nitrogens with zero attached hydrogens (tertiary/aromatic N) is 1. The van der Waals surface area contributed by atoms with Crippen LogP contribution in [0.25, 0.3) is 0 Å². The van der Waals surface area contributed by atoms with Crippen molar-refractivity contribution in [1.29, 1.82) is 0 Å². The minimum atomic E-state index is 0. The molecule has 0 saturated carbocycles. The van der Waals surface area contributed by atoms with Gasteiger partial charge >= 0.3 is 0 Å². The van der Waals surface area contributed by atoms with Gasteiger partial charge in [-0.15, -0.1) is 12.4 Å². The molecule has 0 saturated heterocycles. The van der Waals surface area contributed by atoms with Crippen LogP contribution in [0.5, 0.6) is 0 Å². The van der Waals surface area contributed by atoms with Gasteiger partial charge < -0.3 is 10.4 Å². The first kappa shape index (κ1) is 21.1. The first-order valence-corrected chi connectivity index (χ1v) is 7.04. The van der Waals surface area contributed by atoms with Gasteiger partial charge in [0.1, 0.15) is 0 Å². The zero-order valence-corrected chi connectivity index (χ0v) is 13.5. The molecule has 0 radical (unpaired) electrons. The van der Waals surface area contributed by atoms with Gasteiger partial charge in [0, 0.05) is 16.5 Å². The summed E-state index contributed by atoms with van der Waals surface area (Å²) in [4.78, 5) is 10.5. The number of carbonyl (C=O) groups is 1. The number of Topliss-reactive ketones (excluding diaryl/α,β-unsaturated/α-hetero) is 1. The average molecular weight is 337 g/mol. The van der Waals surface area contributed by atoms with Crippen LogP contribution in [-0.2, 0) is 0 Å². The van der Waals surface area contributed by atoms with E-state index in [9.17, 15) is 4.79 Å². The van der Waals surface area contributed by atoms with Crippen molar-refractivity contribution in [3.8, 4) is 0 Å². The number of carbonyl (C=O) groups excluding carboxylic acids is 1. The topological polar surface area (TPSA) is 95.9 Å². The maximum atomic E-state index is 10.5. The Morgan fingerprint density at radius 1 is 1.10 bits per heavy atom. The predicted octanol–water partition coefficient (Wildman–Crippen LogP) is 3.65. The third-order valence-electron chi connectivity index (χ3n) is 2.02. The molecule has 0 aliphatic rings. The van der Waals surface area contributed by atoms with Gasteiger partial charge in [0.25, 0.3) is 0 Å². The molecule has 2 aromatic rings. The van der Waals surface area contributed by atoms with Gasteiger partial charge in [0.15, 0.2) is 5.78 Å². The number of halogens is 1. The number of hydrogen-bond donors (Lipinski definition) is 3. The first-order chi connectivity index (χ1) is 9.15. The van der Waals surface area contributed by atoms with Crippen LogP contribution < -0.4 is 5.90 Å². The fourth-order valence-electron chi connectivity index (χ4n) is 0.993. The lowest BCUT2D eigenvalue weighted by Gasteiger charge is -1.87. The number of rotatable bonds is 2. The van der Waals surface area contributed by atoms with Gasteiger partial charge in [-0.2, -0.15) is 22.7 Å². The van der Waals surface area contributed by atoms with E-state index in [1.54, 1.807) is 36.5 Å². The van der Waals surface area contributed by atoms with Gasteiger partial charge in [-0.1, -0.05) is 5.16 Å². The van der Waals surface area contributed by atoms with Crippen LogP contribution in [0.15, 0.2) is 38.8 Å². The summed E-state index contributed by atoms with van der Waals surface area (Å²) in [6, 6.07) is 3.74. The van der Waals surface area contributed by atoms with E-state index in [0.29, 0.717) is 5.71 Å². The smallest absolute Gasteiger partial charge is 0.160 e. The highest BCUT2D eigenvalue weighted by Crippen LogP contribution is 2.06. The van der Waals surface area contributed by atoms with E-state index in [0.717, 1.165) is 11.1 Å². The Kier molecular flexibility index (Phi) is 13.4. The van der Waals surface area contributed by atoms with E-state index in [-0.39, 0.29) is 18.2 Å². The van der Waals surface area contributed by atoms with Crippen LogP contribution in [0.1, 0.15) is 29.8 Å². The average Bonchev–Trinajstić information content (AvgIpc) is 3.13. The molecular weight excluding hydrogens is 320 g/mol. The molecule has 2 aromatic heterocycles. The van der Waals surface area contributed by atoms with Crippen molar-refractivity contribution >= 4 is 46.6 Å². The molecule has 0 amide bonds. The lowest BCUT2D eigenvalue weighted by atomic mass is 10.2. The van der Waals surface area contributed by atoms with Gasteiger partial charge in [-0.25, -0.2) is 5.90 Å². The quantitative estimate of drug-likeness (QED) is 0.337. The third-order valence-corrected chi connectivity index (χ3v) is 3.38. The Morgan fingerprint density at radius 3 is 1.80 bits per heavy atom. The second-order valence-electron chi connectivity index (χ2n) is 3.27. The molecule has 0 aliphatic heterocycles. The van der Waals surface area contributed by atoms with E-state index in [1.807, 2.05) is 33.7 Å². The van der Waals surface area contributed by atoms with E-state index in [4.69, 9.17) is 10.4 Å². The number of ketones is 1. The van der Waals surface area contributed by atoms with Crippen molar-refractivity contribution in [2.45, 2.75) is 13.8 Å². The largest absolute Gasteiger partial charge is 0.411 e. The second-order valence-corrected chi connectivity index (χ2v) is 4.83. The van der Waals surface area contributed by atoms with Gasteiger partial charge in [0.2, 0.25) is 0 Å². The summed E-state index contributed by atoms with van der Waals surface area (Å²) in [6.45, 7) is 3.34. The molecule has 0 aliphatic carbocycles. The molecule has 0 aromatic carbocycles. The van der Waals surface area contributed by atoms with Crippen LogP contribution in [0.2, 0.25) is 0 Å². The summed E-state index contributed by atoms with van der Waals surface area (Å²) in [6.07, 6.45) is 0. The summed E-state index contributed by atoms with van der Waals surface area (Å²) in [5.74, 6) is 3.64. The second kappa shape index (κ2) is 12.8. The Morgan fingerprint density at radius 2 is 1.55 bits per heavy atom. The van der Waals surface area contributed by atoms with Crippen molar-refractivity contribution in [3.05, 3.63) is 44.8 Å². The fourth-order valence-corrected chi connectivity index (χ4v) is 2.39. The molecule has 0 atom stereocenters. The molecule has 112 valence electrons. The standard InChI is InChI=1S/C6H7NOS.C6H6OS.ClH.H3NO/c1-5(7-8)6-2-3-9-4-6;1-5(7)6-2-3-8-4-6;;1-2/h2-4,8H,1H3;2-4H,1H3;1H;2H,1H2/b7-5+;;;. The van der Waals surface area contributed by atoms with Crippen molar-refractivity contribution in [3.63, 3.8) is 0 Å².